The second kappa shape index (κ2) is 14.3. The van der Waals surface area contributed by atoms with Crippen LogP contribution in [-0.2, 0) is 39.1 Å². The van der Waals surface area contributed by atoms with Crippen LogP contribution in [0.25, 0.3) is 0 Å². The van der Waals surface area contributed by atoms with Crippen molar-refractivity contribution >= 4 is 63.7 Å². The second-order valence-corrected chi connectivity index (χ2v) is 12.5. The molecule has 1 N–H and O–H groups in total. The number of amides is 2. The van der Waals surface area contributed by atoms with Crippen molar-refractivity contribution < 1.29 is 18.0 Å². The molecule has 0 radical (unpaired) electrons. The van der Waals surface area contributed by atoms with E-state index in [0.717, 1.165) is 29.4 Å². The summed E-state index contributed by atoms with van der Waals surface area (Å²) in [6.07, 6.45) is 5.49. The molecule has 1 aliphatic rings. The zero-order valence-electron chi connectivity index (χ0n) is 24.5. The molecule has 0 saturated heterocycles. The highest BCUT2D eigenvalue weighted by atomic mass is 35.5. The van der Waals surface area contributed by atoms with Crippen molar-refractivity contribution in [3.63, 3.8) is 0 Å². The van der Waals surface area contributed by atoms with Gasteiger partial charge in [-0.15, -0.1) is 24.8 Å². The number of halogens is 2. The Morgan fingerprint density at radius 3 is 2.29 bits per heavy atom. The number of benzene rings is 2. The van der Waals surface area contributed by atoms with E-state index < -0.39 is 15.4 Å². The van der Waals surface area contributed by atoms with E-state index in [2.05, 4.69) is 14.6 Å². The molecule has 42 heavy (non-hydrogen) atoms. The number of carbonyl (C=O) groups excluding carboxylic acids is 2. The largest absolute Gasteiger partial charge is 0.313 e. The number of sulfonamides is 1. The number of rotatable bonds is 10. The number of hydrogen-bond acceptors (Lipinski definition) is 6. The third-order valence-corrected chi connectivity index (χ3v) is 7.77. The van der Waals surface area contributed by atoms with Crippen LogP contribution >= 0.6 is 24.8 Å². The van der Waals surface area contributed by atoms with Gasteiger partial charge in [0.2, 0.25) is 21.8 Å². The minimum Gasteiger partial charge on any atom is -0.313 e. The highest BCUT2D eigenvalue weighted by molar-refractivity contribution is 7.92. The van der Waals surface area contributed by atoms with Gasteiger partial charge in [0.25, 0.3) is 0 Å². The van der Waals surface area contributed by atoms with E-state index in [1.165, 1.54) is 0 Å². The number of carbonyl (C=O) groups is 2. The van der Waals surface area contributed by atoms with Gasteiger partial charge < -0.3 is 9.80 Å². The van der Waals surface area contributed by atoms with E-state index in [-0.39, 0.29) is 36.6 Å². The number of aromatic nitrogens is 1. The fraction of sp³-hybridized carbons (Fsp3) is 0.367. The smallest absolute Gasteiger partial charge is 0.242 e. The molecule has 0 aliphatic carbocycles. The summed E-state index contributed by atoms with van der Waals surface area (Å²) in [5.41, 5.74) is 3.70. The quantitative estimate of drug-likeness (QED) is 0.318. The molecule has 3 aromatic rings. The molecule has 2 aromatic carbocycles. The molecule has 2 heterocycles. The normalized spacial score (nSPS) is 14.5. The van der Waals surface area contributed by atoms with E-state index >= 15 is 0 Å². The van der Waals surface area contributed by atoms with E-state index in [9.17, 15) is 18.0 Å². The van der Waals surface area contributed by atoms with Crippen LogP contribution in [0.4, 0.5) is 17.1 Å². The Morgan fingerprint density at radius 1 is 0.929 bits per heavy atom. The number of para-hydroxylation sites is 1. The lowest BCUT2D eigenvalue weighted by Gasteiger charge is -2.27. The first-order chi connectivity index (χ1) is 18.9. The summed E-state index contributed by atoms with van der Waals surface area (Å²) in [5, 5.41) is 0. The summed E-state index contributed by atoms with van der Waals surface area (Å²) in [7, 11) is -1.73. The van der Waals surface area contributed by atoms with Gasteiger partial charge in [0.15, 0.2) is 0 Å². The van der Waals surface area contributed by atoms with Gasteiger partial charge in [0.1, 0.15) is 5.41 Å². The van der Waals surface area contributed by atoms with Crippen LogP contribution < -0.4 is 14.5 Å². The van der Waals surface area contributed by atoms with Crippen LogP contribution in [0.5, 0.6) is 0 Å². The van der Waals surface area contributed by atoms with Crippen molar-refractivity contribution in [3.8, 4) is 0 Å². The Morgan fingerprint density at radius 2 is 1.64 bits per heavy atom. The number of fused-ring (bicyclic) bond motifs is 1. The molecule has 12 heteroatoms. The summed E-state index contributed by atoms with van der Waals surface area (Å²) in [5.74, 6) is -0.465. The first kappa shape index (κ1) is 35.0. The van der Waals surface area contributed by atoms with Crippen LogP contribution in [0.1, 0.15) is 37.5 Å². The molecule has 1 aliphatic heterocycles. The van der Waals surface area contributed by atoms with Gasteiger partial charge in [-0.1, -0.05) is 30.3 Å². The maximum atomic E-state index is 13.3. The Balaban J connectivity index is 0.00000308. The fourth-order valence-corrected chi connectivity index (χ4v) is 5.65. The predicted octanol–water partition coefficient (Wildman–Crippen LogP) is 4.90. The lowest BCUT2D eigenvalue weighted by Crippen LogP contribution is -2.47. The van der Waals surface area contributed by atoms with Crippen molar-refractivity contribution in [1.29, 1.82) is 0 Å². The van der Waals surface area contributed by atoms with Crippen LogP contribution in [0.2, 0.25) is 0 Å². The van der Waals surface area contributed by atoms with Crippen LogP contribution in [-0.4, -0.2) is 56.5 Å². The van der Waals surface area contributed by atoms with Crippen LogP contribution in [0.15, 0.2) is 67.0 Å². The molecule has 228 valence electrons. The highest BCUT2D eigenvalue weighted by Gasteiger charge is 2.45. The number of anilines is 3. The third kappa shape index (κ3) is 8.01. The SMILES string of the molecule is CCN1C(=O)C(C)(C)C(=O)N(C)c2cc(CN(CCc3cccnc3)Cc3ccccc3NS(C)(=O)=O)ccc21.Cl.Cl. The van der Waals surface area contributed by atoms with Crippen molar-refractivity contribution in [2.24, 2.45) is 5.41 Å². The third-order valence-electron chi connectivity index (χ3n) is 7.18. The van der Waals surface area contributed by atoms with E-state index in [1.54, 1.807) is 49.0 Å². The van der Waals surface area contributed by atoms with Crippen molar-refractivity contribution in [3.05, 3.63) is 83.7 Å². The van der Waals surface area contributed by atoms with Gasteiger partial charge in [0.05, 0.1) is 23.3 Å². The monoisotopic (exact) mass is 635 g/mol. The van der Waals surface area contributed by atoms with Crippen molar-refractivity contribution in [2.75, 3.05) is 40.9 Å². The molecule has 0 unspecified atom stereocenters. The molecule has 0 atom stereocenters. The van der Waals surface area contributed by atoms with Crippen LogP contribution in [0, 0.1) is 5.41 Å². The number of pyridine rings is 1. The zero-order valence-corrected chi connectivity index (χ0v) is 27.0. The maximum absolute atomic E-state index is 13.3. The average molecular weight is 637 g/mol. The fourth-order valence-electron chi connectivity index (χ4n) is 5.05. The first-order valence-corrected chi connectivity index (χ1v) is 15.2. The number of nitrogens with one attached hydrogen (secondary N) is 1. The van der Waals surface area contributed by atoms with Crippen LogP contribution in [0.3, 0.4) is 0 Å². The summed E-state index contributed by atoms with van der Waals surface area (Å²) < 4.78 is 26.6. The topological polar surface area (TPSA) is 103 Å². The minimum atomic E-state index is -3.44. The molecule has 9 nitrogen and oxygen atoms in total. The molecular weight excluding hydrogens is 597 g/mol. The van der Waals surface area contributed by atoms with E-state index in [4.69, 9.17) is 0 Å². The van der Waals surface area contributed by atoms with E-state index in [1.807, 2.05) is 55.6 Å². The summed E-state index contributed by atoms with van der Waals surface area (Å²) in [6.45, 7) is 7.44. The van der Waals surface area contributed by atoms with Crippen molar-refractivity contribution in [2.45, 2.75) is 40.3 Å². The average Bonchev–Trinajstić information content (AvgIpc) is 2.96. The molecule has 0 saturated carbocycles. The van der Waals surface area contributed by atoms with Gasteiger partial charge in [-0.05, 0) is 68.1 Å². The molecular formula is C30H39Cl2N5O4S. The zero-order chi connectivity index (χ0) is 29.1. The second-order valence-electron chi connectivity index (χ2n) is 10.7. The summed E-state index contributed by atoms with van der Waals surface area (Å²) >= 11 is 0. The highest BCUT2D eigenvalue weighted by Crippen LogP contribution is 2.39. The van der Waals surface area contributed by atoms with Gasteiger partial charge in [0, 0.05) is 45.6 Å². The lowest BCUT2D eigenvalue weighted by molar-refractivity contribution is -0.137. The minimum absolute atomic E-state index is 0. The van der Waals surface area contributed by atoms with Gasteiger partial charge in [-0.3, -0.25) is 24.2 Å². The molecule has 2 amide bonds. The van der Waals surface area contributed by atoms with Gasteiger partial charge in [-0.25, -0.2) is 8.42 Å². The Hall–Kier alpha value is -3.18. The molecule has 0 fully saturated rings. The molecule has 0 spiro atoms. The standard InChI is InChI=1S/C30H37N5O4S.2ClH/c1-6-35-26-14-13-23(18-27(26)33(4)28(36)30(2,3)29(35)37)20-34(17-15-22-10-9-16-31-19-22)21-24-11-7-8-12-25(24)32-40(5,38)39;;/h7-14,16,18-19,32H,6,15,17,20-21H2,1-5H3;2*1H. The Kier molecular flexibility index (Phi) is 11.9. The number of hydrogen-bond donors (Lipinski definition) is 1. The number of nitrogens with zero attached hydrogens (tertiary/aromatic N) is 4. The van der Waals surface area contributed by atoms with E-state index in [0.29, 0.717) is 43.2 Å². The predicted molar refractivity (Wildman–Crippen MR) is 173 cm³/mol. The molecule has 4 rings (SSSR count). The summed E-state index contributed by atoms with van der Waals surface area (Å²) in [4.78, 5) is 36.3. The first-order valence-electron chi connectivity index (χ1n) is 13.3. The summed E-state index contributed by atoms with van der Waals surface area (Å²) in [6, 6.07) is 17.2. The Labute approximate surface area is 261 Å². The Bertz CT molecular complexity index is 1500. The van der Waals surface area contributed by atoms with Crippen molar-refractivity contribution in [1.82, 2.24) is 9.88 Å². The maximum Gasteiger partial charge on any atom is 0.242 e. The molecule has 1 aromatic heterocycles. The lowest BCUT2D eigenvalue weighted by atomic mass is 9.90. The molecule has 0 bridgehead atoms. The van der Waals surface area contributed by atoms with Gasteiger partial charge in [-0.2, -0.15) is 0 Å². The van der Waals surface area contributed by atoms with Gasteiger partial charge >= 0.3 is 0 Å².